The molecule has 1 unspecified atom stereocenters. The first-order valence-corrected chi connectivity index (χ1v) is 6.22. The molecule has 84 valence electrons. The fourth-order valence-electron chi connectivity index (χ4n) is 1.34. The van der Waals surface area contributed by atoms with Crippen molar-refractivity contribution in [2.45, 2.75) is 25.1 Å². The highest BCUT2D eigenvalue weighted by atomic mass is 31.2. The van der Waals surface area contributed by atoms with Gasteiger partial charge >= 0.3 is 0 Å². The molecule has 4 nitrogen and oxygen atoms in total. The molecule has 0 bridgehead atoms. The Labute approximate surface area is 88.7 Å². The van der Waals surface area contributed by atoms with Gasteiger partial charge in [0.25, 0.3) is 0 Å². The van der Waals surface area contributed by atoms with Gasteiger partial charge in [0.2, 0.25) is 0 Å². The third-order valence-corrected chi connectivity index (χ3v) is 3.90. The average molecular weight is 228 g/mol. The molecule has 0 aliphatic rings. The normalized spacial score (nSPS) is 16.0. The molecule has 0 heterocycles. The fraction of sp³-hybridized carbons (Fsp3) is 0.400. The highest BCUT2D eigenvalue weighted by Gasteiger charge is 2.29. The van der Waals surface area contributed by atoms with Crippen LogP contribution in [0.1, 0.15) is 18.9 Å². The Hall–Kier alpha value is -0.670. The first kappa shape index (κ1) is 12.4. The third kappa shape index (κ3) is 2.89. The Balaban J connectivity index is 2.92. The van der Waals surface area contributed by atoms with Crippen LogP contribution in [0, 0.1) is 0 Å². The van der Waals surface area contributed by atoms with E-state index in [-0.39, 0.29) is 12.8 Å². The summed E-state index contributed by atoms with van der Waals surface area (Å²) >= 11 is 0. The van der Waals surface area contributed by atoms with Gasteiger partial charge in [-0.25, -0.2) is 0 Å². The Morgan fingerprint density at radius 1 is 1.33 bits per heavy atom. The maximum atomic E-state index is 10.9. The van der Waals surface area contributed by atoms with Crippen molar-refractivity contribution in [3.63, 3.8) is 0 Å². The largest absolute Gasteiger partial charge is 0.809 e. The zero-order chi connectivity index (χ0) is 11.5. The Bertz CT molecular complexity index is 359. The summed E-state index contributed by atoms with van der Waals surface area (Å²) in [4.78, 5) is 21.8. The van der Waals surface area contributed by atoms with Gasteiger partial charge in [-0.15, -0.1) is 0 Å². The van der Waals surface area contributed by atoms with Gasteiger partial charge in [-0.05, 0) is 19.6 Å². The molecule has 5 heteroatoms. The van der Waals surface area contributed by atoms with E-state index in [4.69, 9.17) is 0 Å². The predicted molar refractivity (Wildman–Crippen MR) is 53.0 cm³/mol. The quantitative estimate of drug-likeness (QED) is 0.748. The molecule has 0 aromatic heterocycles. The van der Waals surface area contributed by atoms with Crippen LogP contribution in [-0.4, -0.2) is 10.4 Å². The van der Waals surface area contributed by atoms with E-state index in [9.17, 15) is 19.5 Å². The van der Waals surface area contributed by atoms with Crippen molar-refractivity contribution in [3.8, 4) is 0 Å². The fourth-order valence-corrected chi connectivity index (χ4v) is 2.10. The first-order valence-electron chi connectivity index (χ1n) is 4.67. The summed E-state index contributed by atoms with van der Waals surface area (Å²) in [6, 6.07) is 8.59. The van der Waals surface area contributed by atoms with E-state index in [1.165, 1.54) is 6.92 Å². The van der Waals surface area contributed by atoms with Crippen molar-refractivity contribution < 1.29 is 19.5 Å². The number of benzene rings is 1. The van der Waals surface area contributed by atoms with Crippen molar-refractivity contribution in [2.75, 3.05) is 0 Å². The molecular formula is C10H13O4P-2. The Morgan fingerprint density at radius 3 is 2.27 bits per heavy atom. The molecule has 1 N–H and O–H groups in total. The van der Waals surface area contributed by atoms with Gasteiger partial charge in [-0.2, -0.15) is 0 Å². The first-order chi connectivity index (χ1) is 6.89. The van der Waals surface area contributed by atoms with Crippen LogP contribution in [0.2, 0.25) is 0 Å². The standard InChI is InChI=1S/C10H15O4P/c1-2-10(11,15(12,13)14)8-9-6-4-3-5-7-9/h3-7,11H,2,8H2,1H3,(H2,12,13,14)/p-2. The number of aliphatic hydroxyl groups is 1. The summed E-state index contributed by atoms with van der Waals surface area (Å²) in [7, 11) is -5.00. The van der Waals surface area contributed by atoms with Gasteiger partial charge in [0.15, 0.2) is 0 Å². The molecule has 0 aliphatic heterocycles. The second-order valence-corrected chi connectivity index (χ2v) is 5.32. The van der Waals surface area contributed by atoms with E-state index in [1.807, 2.05) is 0 Å². The van der Waals surface area contributed by atoms with E-state index in [0.29, 0.717) is 5.56 Å². The van der Waals surface area contributed by atoms with Gasteiger partial charge in [-0.3, -0.25) is 0 Å². The molecule has 1 atom stereocenters. The van der Waals surface area contributed by atoms with E-state index >= 15 is 0 Å². The van der Waals surface area contributed by atoms with Gasteiger partial charge < -0.3 is 19.5 Å². The molecular weight excluding hydrogens is 215 g/mol. The van der Waals surface area contributed by atoms with E-state index < -0.39 is 12.9 Å². The zero-order valence-electron chi connectivity index (χ0n) is 8.42. The summed E-state index contributed by atoms with van der Waals surface area (Å²) < 4.78 is 10.9. The molecule has 0 aliphatic carbocycles. The van der Waals surface area contributed by atoms with Crippen molar-refractivity contribution >= 4 is 7.60 Å². The maximum Gasteiger partial charge on any atom is 0.0949 e. The van der Waals surface area contributed by atoms with Crippen molar-refractivity contribution in [1.29, 1.82) is 0 Å². The minimum Gasteiger partial charge on any atom is -0.809 e. The summed E-state index contributed by atoms with van der Waals surface area (Å²) in [5, 5.41) is 7.55. The lowest BCUT2D eigenvalue weighted by molar-refractivity contribution is -0.330. The molecule has 0 spiro atoms. The maximum absolute atomic E-state index is 10.9. The highest BCUT2D eigenvalue weighted by molar-refractivity contribution is 7.50. The zero-order valence-corrected chi connectivity index (χ0v) is 9.31. The SMILES string of the molecule is CCC(O)(Cc1ccccc1)P(=O)([O-])[O-]. The van der Waals surface area contributed by atoms with Gasteiger partial charge in [-0.1, -0.05) is 37.3 Å². The van der Waals surface area contributed by atoms with Crippen LogP contribution in [0.5, 0.6) is 0 Å². The van der Waals surface area contributed by atoms with Gasteiger partial charge in [0, 0.05) is 6.42 Å². The lowest BCUT2D eigenvalue weighted by Gasteiger charge is -2.45. The average Bonchev–Trinajstić information content (AvgIpc) is 2.17. The monoisotopic (exact) mass is 228 g/mol. The summed E-state index contributed by atoms with van der Waals surface area (Å²) in [6.07, 6.45) is -0.263. The molecule has 1 aromatic rings. The molecule has 0 fully saturated rings. The van der Waals surface area contributed by atoms with Crippen LogP contribution in [0.25, 0.3) is 0 Å². The Kier molecular flexibility index (Phi) is 3.68. The van der Waals surface area contributed by atoms with Gasteiger partial charge in [0.05, 0.1) is 5.34 Å². The van der Waals surface area contributed by atoms with Crippen molar-refractivity contribution in [3.05, 3.63) is 35.9 Å². The van der Waals surface area contributed by atoms with Crippen LogP contribution < -0.4 is 9.79 Å². The summed E-state index contributed by atoms with van der Waals surface area (Å²) in [5.41, 5.74) is 0.633. The number of hydrogen-bond donors (Lipinski definition) is 1. The van der Waals surface area contributed by atoms with E-state index in [0.717, 1.165) is 0 Å². The smallest absolute Gasteiger partial charge is 0.0949 e. The number of hydrogen-bond acceptors (Lipinski definition) is 4. The Morgan fingerprint density at radius 2 is 1.87 bits per heavy atom. The highest BCUT2D eigenvalue weighted by Crippen LogP contribution is 2.44. The second-order valence-electron chi connectivity index (χ2n) is 3.50. The lowest BCUT2D eigenvalue weighted by atomic mass is 10.1. The lowest BCUT2D eigenvalue weighted by Crippen LogP contribution is -2.40. The minimum absolute atomic E-state index is 0.105. The van der Waals surface area contributed by atoms with Crippen LogP contribution in [0.3, 0.4) is 0 Å². The minimum atomic E-state index is -5.00. The van der Waals surface area contributed by atoms with Crippen LogP contribution in [0.4, 0.5) is 0 Å². The second kappa shape index (κ2) is 4.45. The van der Waals surface area contributed by atoms with Crippen LogP contribution in [0.15, 0.2) is 30.3 Å². The number of rotatable bonds is 4. The van der Waals surface area contributed by atoms with Crippen LogP contribution >= 0.6 is 7.60 Å². The molecule has 15 heavy (non-hydrogen) atoms. The molecule has 0 saturated heterocycles. The molecule has 0 saturated carbocycles. The van der Waals surface area contributed by atoms with Crippen molar-refractivity contribution in [2.24, 2.45) is 0 Å². The van der Waals surface area contributed by atoms with E-state index in [2.05, 4.69) is 0 Å². The predicted octanol–water partition coefficient (Wildman–Crippen LogP) is 0.241. The molecule has 0 radical (unpaired) electrons. The topological polar surface area (TPSA) is 83.4 Å². The van der Waals surface area contributed by atoms with Gasteiger partial charge in [0.1, 0.15) is 0 Å². The molecule has 1 rings (SSSR count). The van der Waals surface area contributed by atoms with Crippen molar-refractivity contribution in [1.82, 2.24) is 0 Å². The molecule has 1 aromatic carbocycles. The van der Waals surface area contributed by atoms with Crippen LogP contribution in [-0.2, 0) is 11.0 Å². The third-order valence-electron chi connectivity index (χ3n) is 2.41. The summed E-state index contributed by atoms with van der Waals surface area (Å²) in [5.74, 6) is 0. The molecule has 0 amide bonds. The van der Waals surface area contributed by atoms with E-state index in [1.54, 1.807) is 30.3 Å². The summed E-state index contributed by atoms with van der Waals surface area (Å²) in [6.45, 7) is 1.48.